The largest absolute Gasteiger partial charge is 0.481 e. The lowest BCUT2D eigenvalue weighted by atomic mass is 9.81. The number of amides is 2. The van der Waals surface area contributed by atoms with E-state index < -0.39 is 79.6 Å². The van der Waals surface area contributed by atoms with Crippen LogP contribution < -0.4 is 15.5 Å². The number of rotatable bonds is 25. The monoisotopic (exact) mass is 1040 g/mol. The lowest BCUT2D eigenvalue weighted by Gasteiger charge is -2.27. The van der Waals surface area contributed by atoms with Crippen molar-refractivity contribution < 1.29 is 75.9 Å². The Morgan fingerprint density at radius 2 is 1.35 bits per heavy atom. The van der Waals surface area contributed by atoms with Crippen molar-refractivity contribution in [3.63, 3.8) is 0 Å². The van der Waals surface area contributed by atoms with Crippen molar-refractivity contribution >= 4 is 75.3 Å². The number of carbonyl (C=O) groups is 3. The number of benzene rings is 2. The number of unbranched alkanes of at least 4 members (excludes halogenated alkanes) is 3. The minimum absolute atomic E-state index is 0.0166. The Labute approximate surface area is 404 Å². The maximum atomic E-state index is 13.2. The number of anilines is 1. The number of nitrogens with zero attached hydrogens (tertiary/aromatic N) is 2. The third-order valence-electron chi connectivity index (χ3n) is 12.3. The molecular formula is C45H63N4O16S4+. The average molecular weight is 1040 g/mol. The van der Waals surface area contributed by atoms with Crippen LogP contribution in [0, 0.1) is 6.92 Å². The summed E-state index contributed by atoms with van der Waals surface area (Å²) in [6, 6.07) is 10.3. The number of hydrogen-bond donors (Lipinski definition) is 7. The van der Waals surface area contributed by atoms with Crippen molar-refractivity contribution in [2.24, 2.45) is 0 Å². The van der Waals surface area contributed by atoms with Crippen LogP contribution in [-0.2, 0) is 65.7 Å². The summed E-state index contributed by atoms with van der Waals surface area (Å²) in [5, 5.41) is 12.7. The molecule has 0 saturated heterocycles. The second kappa shape index (κ2) is 22.5. The van der Waals surface area contributed by atoms with Gasteiger partial charge in [-0.15, -0.1) is 0 Å². The molecule has 0 aromatic heterocycles. The van der Waals surface area contributed by atoms with E-state index in [1.807, 2.05) is 57.4 Å². The first-order valence-corrected chi connectivity index (χ1v) is 28.1. The Kier molecular flexibility index (Phi) is 18.5. The number of aryl methyl sites for hydroxylation is 1. The van der Waals surface area contributed by atoms with E-state index >= 15 is 0 Å². The predicted octanol–water partition coefficient (Wildman–Crippen LogP) is 4.99. The summed E-state index contributed by atoms with van der Waals surface area (Å²) in [6.45, 7) is 10.5. The highest BCUT2D eigenvalue weighted by Crippen LogP contribution is 2.48. The van der Waals surface area contributed by atoms with Crippen molar-refractivity contribution in [2.75, 3.05) is 31.1 Å². The van der Waals surface area contributed by atoms with Crippen LogP contribution in [0.15, 0.2) is 76.9 Å². The zero-order chi connectivity index (χ0) is 51.9. The molecule has 1 unspecified atom stereocenters. The highest BCUT2D eigenvalue weighted by molar-refractivity contribution is 8.04. The van der Waals surface area contributed by atoms with Crippen LogP contribution in [0.2, 0.25) is 0 Å². The molecule has 382 valence electrons. The van der Waals surface area contributed by atoms with Gasteiger partial charge in [-0.2, -0.15) is 38.2 Å². The molecule has 69 heavy (non-hydrogen) atoms. The first kappa shape index (κ1) is 56.8. The zero-order valence-electron chi connectivity index (χ0n) is 39.4. The van der Waals surface area contributed by atoms with Crippen molar-refractivity contribution in [1.82, 2.24) is 10.6 Å². The quantitative estimate of drug-likeness (QED) is 0.0298. The number of aliphatic carboxylic acids is 1. The smallest absolute Gasteiger partial charge is 0.303 e. The molecule has 4 rings (SSSR count). The Balaban J connectivity index is 1.77. The summed E-state index contributed by atoms with van der Waals surface area (Å²) in [5.41, 5.74) is 4.82. The van der Waals surface area contributed by atoms with Gasteiger partial charge in [-0.25, -0.2) is 0 Å². The second-order valence-corrected chi connectivity index (χ2v) is 25.0. The molecule has 2 aliphatic heterocycles. The van der Waals surface area contributed by atoms with Crippen LogP contribution in [0.5, 0.6) is 0 Å². The molecule has 24 heteroatoms. The van der Waals surface area contributed by atoms with Gasteiger partial charge in [0.2, 0.25) is 22.1 Å². The average Bonchev–Trinajstić information content (AvgIpc) is 3.56. The van der Waals surface area contributed by atoms with E-state index in [1.165, 1.54) is 19.1 Å². The molecule has 2 aromatic rings. The standard InChI is InChI=1S/C45H62N4O16S4/c1-30-14-19-36-34(26-30)44(3,4)38(49(36)25-11-9-12-40(50)46-28-31(2)66(54,55)56)21-15-32(17-23-41(51)47-29-43(68(60,61)62)69(63,64)65)16-22-39-45(5,6)35-27-33(67(57,58)59)18-20-37(35)48(39)24-10-7-8-13-42(52)53/h14-16,18-22,26-27,31,43H,7-13,17,23-25,28-29H2,1-6H3,(H6-,46,47,50,51,52,53,54,55,56,57,58,59,60,61,62,63,64,65)/p+1. The lowest BCUT2D eigenvalue weighted by molar-refractivity contribution is -0.438. The van der Waals surface area contributed by atoms with E-state index in [9.17, 15) is 71.4 Å². The molecular weight excluding hydrogens is 981 g/mol. The maximum Gasteiger partial charge on any atom is 0.303 e. The fourth-order valence-electron chi connectivity index (χ4n) is 8.32. The summed E-state index contributed by atoms with van der Waals surface area (Å²) in [5.74, 6) is -2.12. The molecule has 0 bridgehead atoms. The predicted molar refractivity (Wildman–Crippen MR) is 259 cm³/mol. The molecule has 2 amide bonds. The van der Waals surface area contributed by atoms with Crippen molar-refractivity contribution in [2.45, 2.75) is 125 Å². The van der Waals surface area contributed by atoms with Gasteiger partial charge in [-0.05, 0) is 95.2 Å². The van der Waals surface area contributed by atoms with Gasteiger partial charge in [0.1, 0.15) is 11.8 Å². The van der Waals surface area contributed by atoms with Gasteiger partial charge in [0.25, 0.3) is 40.5 Å². The Morgan fingerprint density at radius 1 is 0.725 bits per heavy atom. The number of carboxylic acids is 1. The molecule has 2 heterocycles. The minimum Gasteiger partial charge on any atom is -0.481 e. The van der Waals surface area contributed by atoms with E-state index in [-0.39, 0.29) is 43.0 Å². The molecule has 0 fully saturated rings. The van der Waals surface area contributed by atoms with E-state index in [1.54, 1.807) is 24.3 Å². The van der Waals surface area contributed by atoms with Gasteiger partial charge in [0.05, 0.1) is 16.9 Å². The molecule has 2 aromatic carbocycles. The molecule has 2 aliphatic rings. The SMILES string of the molecule is Cc1ccc2c(c1)C(C)(C)\C(=C/C=C(/C=C/C1=[N+](CCCCCC(=O)O)c3ccc(S(=O)(=O)O)cc3C1(C)C)CCC(=O)NCC(S(=O)(=O)O)S(=O)(=O)O)N2CCCCC(=O)NCC(C)S(=O)(=O)O. The highest BCUT2D eigenvalue weighted by Gasteiger charge is 2.45. The minimum atomic E-state index is -5.33. The summed E-state index contributed by atoms with van der Waals surface area (Å²) < 4.78 is 131. The summed E-state index contributed by atoms with van der Waals surface area (Å²) >= 11 is 0. The van der Waals surface area contributed by atoms with Crippen LogP contribution in [0.1, 0.15) is 109 Å². The number of carbonyl (C=O) groups excluding carboxylic acids is 2. The molecule has 1 atom stereocenters. The number of carboxylic acid groups (broad SMARTS) is 1. The van der Waals surface area contributed by atoms with Crippen molar-refractivity contribution in [1.29, 1.82) is 0 Å². The first-order chi connectivity index (χ1) is 31.8. The topological polar surface area (TPSA) is 319 Å². The first-order valence-electron chi connectivity index (χ1n) is 22.2. The maximum absolute atomic E-state index is 13.2. The molecule has 0 spiro atoms. The summed E-state index contributed by atoms with van der Waals surface area (Å²) in [7, 11) is -19.6. The molecule has 0 saturated carbocycles. The van der Waals surface area contributed by atoms with Gasteiger partial charge in [0.15, 0.2) is 5.71 Å². The number of nitrogens with one attached hydrogen (secondary N) is 2. The highest BCUT2D eigenvalue weighted by atomic mass is 32.3. The van der Waals surface area contributed by atoms with Gasteiger partial charge in [-0.3, -0.25) is 32.6 Å². The Hall–Kier alpha value is -4.82. The van der Waals surface area contributed by atoms with Crippen LogP contribution in [0.25, 0.3) is 0 Å². The van der Waals surface area contributed by atoms with Gasteiger partial charge < -0.3 is 20.6 Å². The Morgan fingerprint density at radius 3 is 1.96 bits per heavy atom. The van der Waals surface area contributed by atoms with Crippen molar-refractivity contribution in [3.8, 4) is 0 Å². The molecule has 7 N–H and O–H groups in total. The third kappa shape index (κ3) is 15.1. The molecule has 20 nitrogen and oxygen atoms in total. The Bertz CT molecular complexity index is 2850. The number of hydrogen-bond acceptors (Lipinski definition) is 12. The number of fused-ring (bicyclic) bond motifs is 2. The fourth-order valence-corrected chi connectivity index (χ4v) is 10.9. The van der Waals surface area contributed by atoms with Gasteiger partial charge in [-0.1, -0.05) is 43.7 Å². The van der Waals surface area contributed by atoms with Gasteiger partial charge in [0, 0.05) is 73.3 Å². The number of allylic oxidation sites excluding steroid dienone is 6. The summed E-state index contributed by atoms with van der Waals surface area (Å²) in [6.07, 6.45) is 9.49. The fraction of sp³-hybridized carbons (Fsp3) is 0.511. The van der Waals surface area contributed by atoms with E-state index in [2.05, 4.69) is 21.6 Å². The third-order valence-corrected chi connectivity index (χ3v) is 17.4. The lowest BCUT2D eigenvalue weighted by Crippen LogP contribution is -2.41. The summed E-state index contributed by atoms with van der Waals surface area (Å²) in [4.78, 5) is 38.8. The van der Waals surface area contributed by atoms with Crippen LogP contribution in [0.4, 0.5) is 11.4 Å². The van der Waals surface area contributed by atoms with Crippen LogP contribution in [0.3, 0.4) is 0 Å². The normalized spacial score (nSPS) is 17.1. The van der Waals surface area contributed by atoms with E-state index in [4.69, 9.17) is 0 Å². The van der Waals surface area contributed by atoms with E-state index in [0.717, 1.165) is 22.5 Å². The van der Waals surface area contributed by atoms with Crippen molar-refractivity contribution in [3.05, 3.63) is 88.7 Å². The van der Waals surface area contributed by atoms with Crippen LogP contribution >= 0.6 is 0 Å². The molecule has 0 aliphatic carbocycles. The second-order valence-electron chi connectivity index (χ2n) is 18.3. The van der Waals surface area contributed by atoms with Gasteiger partial charge >= 0.3 is 5.97 Å². The molecule has 0 radical (unpaired) electrons. The van der Waals surface area contributed by atoms with E-state index in [0.29, 0.717) is 67.7 Å². The van der Waals surface area contributed by atoms with Crippen LogP contribution in [-0.4, -0.2) is 121 Å². The zero-order valence-corrected chi connectivity index (χ0v) is 42.6.